The van der Waals surface area contributed by atoms with Crippen LogP contribution in [0.1, 0.15) is 18.1 Å². The van der Waals surface area contributed by atoms with Crippen LogP contribution >= 0.6 is 0 Å². The smallest absolute Gasteiger partial charge is 0.328 e. The average molecular weight is 416 g/mol. The van der Waals surface area contributed by atoms with Crippen molar-refractivity contribution in [1.82, 2.24) is 20.4 Å². The van der Waals surface area contributed by atoms with Gasteiger partial charge in [0.15, 0.2) is 0 Å². The van der Waals surface area contributed by atoms with E-state index in [1.807, 2.05) is 62.4 Å². The summed E-state index contributed by atoms with van der Waals surface area (Å²) in [5.74, 6) is -0.733. The molecule has 1 aliphatic heterocycles. The number of hydrogen-bond acceptors (Lipinski definition) is 5. The number of carbonyl (C=O) groups excluding carboxylic acids is 3. The molecule has 31 heavy (non-hydrogen) atoms. The van der Waals surface area contributed by atoms with Gasteiger partial charge in [-0.3, -0.25) is 20.2 Å². The normalized spacial score (nSPS) is 13.6. The highest BCUT2D eigenvalue weighted by atomic mass is 16.5. The lowest BCUT2D eigenvalue weighted by atomic mass is 10.0. The van der Waals surface area contributed by atoms with E-state index in [4.69, 9.17) is 9.84 Å². The number of para-hydroxylation sites is 1. The number of hydrogen-bond donors (Lipinski definition) is 2. The Morgan fingerprint density at radius 2 is 1.74 bits per heavy atom. The number of benzene rings is 2. The molecular formula is C23H20N4O4. The first-order valence-electron chi connectivity index (χ1n) is 9.73. The quantitative estimate of drug-likeness (QED) is 0.492. The molecule has 0 spiro atoms. The van der Waals surface area contributed by atoms with Crippen LogP contribution in [0.15, 0.2) is 60.3 Å². The van der Waals surface area contributed by atoms with E-state index in [0.29, 0.717) is 17.9 Å². The molecule has 8 nitrogen and oxygen atoms in total. The average Bonchev–Trinajstić information content (AvgIpc) is 3.17. The number of carbonyl (C=O) groups is 3. The zero-order valence-corrected chi connectivity index (χ0v) is 17.0. The minimum Gasteiger partial charge on any atom is -0.494 e. The number of nitrogens with zero attached hydrogens (tertiary/aromatic N) is 2. The minimum absolute atomic E-state index is 0.170. The molecule has 4 amide bonds. The fourth-order valence-electron chi connectivity index (χ4n) is 3.31. The van der Waals surface area contributed by atoms with Crippen molar-refractivity contribution in [2.75, 3.05) is 6.61 Å². The van der Waals surface area contributed by atoms with E-state index in [0.717, 1.165) is 22.6 Å². The first-order valence-corrected chi connectivity index (χ1v) is 9.73. The summed E-state index contributed by atoms with van der Waals surface area (Å²) in [6.45, 7) is 4.42. The lowest BCUT2D eigenvalue weighted by Crippen LogP contribution is -2.51. The molecule has 8 heteroatoms. The van der Waals surface area contributed by atoms with E-state index in [1.54, 1.807) is 10.9 Å². The summed E-state index contributed by atoms with van der Waals surface area (Å²) < 4.78 is 7.29. The maximum absolute atomic E-state index is 12.2. The van der Waals surface area contributed by atoms with Crippen LogP contribution in [0.25, 0.3) is 23.0 Å². The van der Waals surface area contributed by atoms with E-state index in [2.05, 4.69) is 10.6 Å². The van der Waals surface area contributed by atoms with Gasteiger partial charge in [-0.25, -0.2) is 9.48 Å². The van der Waals surface area contributed by atoms with Gasteiger partial charge in [0.2, 0.25) is 0 Å². The number of ether oxygens (including phenoxy) is 1. The Hall–Kier alpha value is -4.20. The van der Waals surface area contributed by atoms with Crippen molar-refractivity contribution in [3.8, 4) is 22.7 Å². The minimum atomic E-state index is -0.838. The van der Waals surface area contributed by atoms with Crippen molar-refractivity contribution in [3.05, 3.63) is 71.4 Å². The van der Waals surface area contributed by atoms with Crippen LogP contribution in [0.5, 0.6) is 5.75 Å². The first-order chi connectivity index (χ1) is 15.0. The van der Waals surface area contributed by atoms with Gasteiger partial charge in [-0.05, 0) is 55.8 Å². The maximum Gasteiger partial charge on any atom is 0.328 e. The lowest BCUT2D eigenvalue weighted by Gasteiger charge is -2.13. The second-order valence-corrected chi connectivity index (χ2v) is 6.92. The highest BCUT2D eigenvalue weighted by Crippen LogP contribution is 2.30. The Labute approximate surface area is 178 Å². The Balaban J connectivity index is 1.84. The predicted molar refractivity (Wildman–Crippen MR) is 115 cm³/mol. The summed E-state index contributed by atoms with van der Waals surface area (Å²) in [5, 5.41) is 8.87. The fourth-order valence-corrected chi connectivity index (χ4v) is 3.31. The number of urea groups is 1. The third-order valence-electron chi connectivity index (χ3n) is 4.75. The summed E-state index contributed by atoms with van der Waals surface area (Å²) in [5.41, 5.74) is 3.53. The van der Waals surface area contributed by atoms with E-state index < -0.39 is 17.8 Å². The SMILES string of the molecule is CCOc1ccc(-c2nn(-c3ccccc3)cc2C=C2C(=O)NC(=O)NC2=O)cc1C. The number of imide groups is 2. The van der Waals surface area contributed by atoms with Gasteiger partial charge in [0.25, 0.3) is 11.8 Å². The molecule has 4 rings (SSSR count). The summed E-state index contributed by atoms with van der Waals surface area (Å²) in [4.78, 5) is 35.8. The number of aryl methyl sites for hydroxylation is 1. The highest BCUT2D eigenvalue weighted by Gasteiger charge is 2.28. The van der Waals surface area contributed by atoms with E-state index in [1.165, 1.54) is 6.08 Å². The summed E-state index contributed by atoms with van der Waals surface area (Å²) in [7, 11) is 0. The molecule has 1 fully saturated rings. The summed E-state index contributed by atoms with van der Waals surface area (Å²) in [6.07, 6.45) is 3.17. The van der Waals surface area contributed by atoms with Crippen molar-refractivity contribution in [1.29, 1.82) is 0 Å². The zero-order chi connectivity index (χ0) is 22.0. The van der Waals surface area contributed by atoms with Crippen LogP contribution in [0.2, 0.25) is 0 Å². The van der Waals surface area contributed by atoms with Crippen LogP contribution < -0.4 is 15.4 Å². The van der Waals surface area contributed by atoms with Crippen LogP contribution in [0.3, 0.4) is 0 Å². The van der Waals surface area contributed by atoms with Gasteiger partial charge in [-0.2, -0.15) is 5.10 Å². The maximum atomic E-state index is 12.2. The molecule has 0 unspecified atom stereocenters. The fraction of sp³-hybridized carbons (Fsp3) is 0.130. The van der Waals surface area contributed by atoms with Gasteiger partial charge in [0.1, 0.15) is 11.3 Å². The molecule has 1 aromatic heterocycles. The van der Waals surface area contributed by atoms with Crippen molar-refractivity contribution in [2.24, 2.45) is 0 Å². The van der Waals surface area contributed by atoms with Crippen molar-refractivity contribution in [2.45, 2.75) is 13.8 Å². The Morgan fingerprint density at radius 3 is 2.39 bits per heavy atom. The molecule has 0 saturated carbocycles. The number of rotatable bonds is 5. The van der Waals surface area contributed by atoms with E-state index >= 15 is 0 Å². The molecule has 2 aromatic carbocycles. The monoisotopic (exact) mass is 416 g/mol. The van der Waals surface area contributed by atoms with Crippen LogP contribution in [-0.2, 0) is 9.59 Å². The largest absolute Gasteiger partial charge is 0.494 e. The van der Waals surface area contributed by atoms with Crippen molar-refractivity contribution < 1.29 is 19.1 Å². The molecule has 0 aliphatic carbocycles. The third kappa shape index (κ3) is 4.09. The second-order valence-electron chi connectivity index (χ2n) is 6.92. The number of barbiturate groups is 1. The molecule has 2 heterocycles. The summed E-state index contributed by atoms with van der Waals surface area (Å²) >= 11 is 0. The molecule has 3 aromatic rings. The topological polar surface area (TPSA) is 102 Å². The number of aromatic nitrogens is 2. The van der Waals surface area contributed by atoms with Crippen LogP contribution in [-0.4, -0.2) is 34.2 Å². The van der Waals surface area contributed by atoms with E-state index in [9.17, 15) is 14.4 Å². The molecule has 156 valence electrons. The number of nitrogens with one attached hydrogen (secondary N) is 2. The molecular weight excluding hydrogens is 396 g/mol. The second kappa shape index (κ2) is 8.27. The molecule has 2 N–H and O–H groups in total. The van der Waals surface area contributed by atoms with Gasteiger partial charge in [-0.15, -0.1) is 0 Å². The molecule has 0 radical (unpaired) electrons. The van der Waals surface area contributed by atoms with Gasteiger partial charge < -0.3 is 4.74 Å². The van der Waals surface area contributed by atoms with Crippen LogP contribution in [0.4, 0.5) is 4.79 Å². The Kier molecular flexibility index (Phi) is 5.36. The Bertz CT molecular complexity index is 1190. The van der Waals surface area contributed by atoms with Gasteiger partial charge in [0.05, 0.1) is 18.0 Å². The van der Waals surface area contributed by atoms with Gasteiger partial charge in [-0.1, -0.05) is 18.2 Å². The molecule has 1 aliphatic rings. The van der Waals surface area contributed by atoms with E-state index in [-0.39, 0.29) is 5.57 Å². The van der Waals surface area contributed by atoms with Crippen molar-refractivity contribution in [3.63, 3.8) is 0 Å². The molecule has 1 saturated heterocycles. The highest BCUT2D eigenvalue weighted by molar-refractivity contribution is 6.31. The first kappa shape index (κ1) is 20.1. The third-order valence-corrected chi connectivity index (χ3v) is 4.75. The predicted octanol–water partition coefficient (Wildman–Crippen LogP) is 3.00. The zero-order valence-electron chi connectivity index (χ0n) is 17.0. The standard InChI is InChI=1S/C23H20N4O4/c1-3-31-19-10-9-15(11-14(19)2)20-16(12-18-21(28)24-23(30)25-22(18)29)13-27(26-20)17-7-5-4-6-8-17/h4-13H,3H2,1-2H3,(H2,24,25,28,29,30). The van der Waals surface area contributed by atoms with Gasteiger partial charge >= 0.3 is 6.03 Å². The summed E-state index contributed by atoms with van der Waals surface area (Å²) in [6, 6.07) is 14.3. The number of amides is 4. The lowest BCUT2D eigenvalue weighted by molar-refractivity contribution is -0.123. The molecule has 0 atom stereocenters. The van der Waals surface area contributed by atoms with Crippen molar-refractivity contribution >= 4 is 23.9 Å². The van der Waals surface area contributed by atoms with Crippen LogP contribution in [0, 0.1) is 6.92 Å². The Morgan fingerprint density at radius 1 is 1.03 bits per heavy atom. The molecule has 0 bridgehead atoms. The van der Waals surface area contributed by atoms with Gasteiger partial charge in [0, 0.05) is 17.3 Å².